The minimum absolute atomic E-state index is 0.0669. The maximum atomic E-state index is 12.5. The molecule has 6 nitrogen and oxygen atoms in total. The lowest BCUT2D eigenvalue weighted by Gasteiger charge is -2.13. The van der Waals surface area contributed by atoms with E-state index >= 15 is 0 Å². The Bertz CT molecular complexity index is 825. The Morgan fingerprint density at radius 2 is 1.64 bits per heavy atom. The van der Waals surface area contributed by atoms with Gasteiger partial charge in [0.15, 0.2) is 0 Å². The van der Waals surface area contributed by atoms with Gasteiger partial charge in [-0.1, -0.05) is 23.2 Å². The third-order valence-electron chi connectivity index (χ3n) is 3.20. The summed E-state index contributed by atoms with van der Waals surface area (Å²) < 4.78 is 43.0. The van der Waals surface area contributed by atoms with Gasteiger partial charge < -0.3 is 14.2 Å². The van der Waals surface area contributed by atoms with E-state index in [1.807, 2.05) is 0 Å². The predicted octanol–water partition coefficient (Wildman–Crippen LogP) is 3.37. The fourth-order valence-corrected chi connectivity index (χ4v) is 3.53. The number of hydrogen-bond donors (Lipinski definition) is 1. The SMILES string of the molecule is COc1cc(S(=O)(=O)NCCOc2ccc(Cl)cc2)c(OC)cc1Cl. The molecule has 0 unspecified atom stereocenters. The zero-order valence-electron chi connectivity index (χ0n) is 13.6. The maximum absolute atomic E-state index is 12.5. The molecule has 2 aromatic rings. The molecule has 0 aliphatic heterocycles. The second-order valence-electron chi connectivity index (χ2n) is 4.84. The van der Waals surface area contributed by atoms with E-state index in [0.29, 0.717) is 10.8 Å². The first-order chi connectivity index (χ1) is 11.9. The normalized spacial score (nSPS) is 11.2. The molecule has 0 radical (unpaired) electrons. The molecule has 0 saturated carbocycles. The van der Waals surface area contributed by atoms with E-state index in [4.69, 9.17) is 37.4 Å². The molecule has 136 valence electrons. The fraction of sp³-hybridized carbons (Fsp3) is 0.250. The van der Waals surface area contributed by atoms with Crippen LogP contribution < -0.4 is 18.9 Å². The van der Waals surface area contributed by atoms with Crippen molar-refractivity contribution >= 4 is 33.2 Å². The van der Waals surface area contributed by atoms with Crippen LogP contribution in [0.4, 0.5) is 0 Å². The lowest BCUT2D eigenvalue weighted by molar-refractivity contribution is 0.322. The van der Waals surface area contributed by atoms with Gasteiger partial charge in [0.2, 0.25) is 10.0 Å². The molecule has 0 bridgehead atoms. The summed E-state index contributed by atoms with van der Waals surface area (Å²) in [5, 5.41) is 0.848. The Morgan fingerprint density at radius 1 is 1.00 bits per heavy atom. The highest BCUT2D eigenvalue weighted by molar-refractivity contribution is 7.89. The largest absolute Gasteiger partial charge is 0.495 e. The van der Waals surface area contributed by atoms with Crippen molar-refractivity contribution in [2.75, 3.05) is 27.4 Å². The van der Waals surface area contributed by atoms with Crippen molar-refractivity contribution in [1.29, 1.82) is 0 Å². The van der Waals surface area contributed by atoms with Crippen LogP contribution in [-0.4, -0.2) is 35.8 Å². The Kier molecular flexibility index (Phi) is 6.78. The van der Waals surface area contributed by atoms with Crippen LogP contribution in [-0.2, 0) is 10.0 Å². The van der Waals surface area contributed by atoms with Crippen molar-refractivity contribution in [3.05, 3.63) is 46.4 Å². The number of sulfonamides is 1. The third kappa shape index (κ3) is 5.15. The molecule has 25 heavy (non-hydrogen) atoms. The first-order valence-electron chi connectivity index (χ1n) is 7.17. The smallest absolute Gasteiger partial charge is 0.244 e. The zero-order chi connectivity index (χ0) is 18.4. The van der Waals surface area contributed by atoms with Gasteiger partial charge in [-0.2, -0.15) is 0 Å². The Balaban J connectivity index is 2.04. The number of halogens is 2. The lowest BCUT2D eigenvalue weighted by Crippen LogP contribution is -2.28. The molecule has 2 rings (SSSR count). The van der Waals surface area contributed by atoms with Gasteiger partial charge in [0.1, 0.15) is 28.8 Å². The summed E-state index contributed by atoms with van der Waals surface area (Å²) in [4.78, 5) is -0.0669. The summed E-state index contributed by atoms with van der Waals surface area (Å²) in [5.74, 6) is 0.950. The molecule has 0 aromatic heterocycles. The summed E-state index contributed by atoms with van der Waals surface area (Å²) in [6.45, 7) is 0.215. The molecule has 0 saturated heterocycles. The molecular weight excluding hydrogens is 389 g/mol. The highest BCUT2D eigenvalue weighted by atomic mass is 35.5. The van der Waals surface area contributed by atoms with Crippen molar-refractivity contribution in [2.24, 2.45) is 0 Å². The number of ether oxygens (including phenoxy) is 3. The number of methoxy groups -OCH3 is 2. The topological polar surface area (TPSA) is 73.9 Å². The zero-order valence-corrected chi connectivity index (χ0v) is 15.9. The van der Waals surface area contributed by atoms with Crippen LogP contribution >= 0.6 is 23.2 Å². The number of rotatable bonds is 8. The van der Waals surface area contributed by atoms with Gasteiger partial charge in [-0.05, 0) is 24.3 Å². The van der Waals surface area contributed by atoms with E-state index < -0.39 is 10.0 Å². The van der Waals surface area contributed by atoms with Crippen LogP contribution in [0.25, 0.3) is 0 Å². The number of benzene rings is 2. The number of hydrogen-bond acceptors (Lipinski definition) is 5. The van der Waals surface area contributed by atoms with Crippen LogP contribution in [0.3, 0.4) is 0 Å². The van der Waals surface area contributed by atoms with Gasteiger partial charge in [-0.3, -0.25) is 0 Å². The number of nitrogens with one attached hydrogen (secondary N) is 1. The Morgan fingerprint density at radius 3 is 2.24 bits per heavy atom. The fourth-order valence-electron chi connectivity index (χ4n) is 2.00. The maximum Gasteiger partial charge on any atom is 0.244 e. The van der Waals surface area contributed by atoms with Crippen LogP contribution in [0.5, 0.6) is 17.2 Å². The molecule has 0 heterocycles. The van der Waals surface area contributed by atoms with E-state index in [1.54, 1.807) is 24.3 Å². The molecule has 0 atom stereocenters. The molecule has 0 aliphatic carbocycles. The second-order valence-corrected chi connectivity index (χ2v) is 7.42. The molecule has 0 aliphatic rings. The molecular formula is C16H17Cl2NO5S. The van der Waals surface area contributed by atoms with Gasteiger partial charge in [-0.25, -0.2) is 13.1 Å². The Hall–Kier alpha value is -1.67. The van der Waals surface area contributed by atoms with Crippen LogP contribution in [0.1, 0.15) is 0 Å². The monoisotopic (exact) mass is 405 g/mol. The minimum Gasteiger partial charge on any atom is -0.495 e. The van der Waals surface area contributed by atoms with Crippen LogP contribution in [0, 0.1) is 0 Å². The van der Waals surface area contributed by atoms with Crippen molar-refractivity contribution in [3.8, 4) is 17.2 Å². The molecule has 1 N–H and O–H groups in total. The van der Waals surface area contributed by atoms with Crippen molar-refractivity contribution in [3.63, 3.8) is 0 Å². The quantitative estimate of drug-likeness (QED) is 0.681. The molecule has 9 heteroatoms. The van der Waals surface area contributed by atoms with Crippen LogP contribution in [0.15, 0.2) is 41.3 Å². The van der Waals surface area contributed by atoms with Crippen molar-refractivity contribution in [2.45, 2.75) is 4.90 Å². The highest BCUT2D eigenvalue weighted by Crippen LogP contribution is 2.34. The molecule has 2 aromatic carbocycles. The second kappa shape index (κ2) is 8.62. The summed E-state index contributed by atoms with van der Waals surface area (Å²) in [6, 6.07) is 9.47. The van der Waals surface area contributed by atoms with Crippen molar-refractivity contribution < 1.29 is 22.6 Å². The van der Waals surface area contributed by atoms with Gasteiger partial charge >= 0.3 is 0 Å². The Labute approximate surface area is 156 Å². The standard InChI is InChI=1S/C16H17Cl2NO5S/c1-22-14-10-16(15(23-2)9-13(14)18)25(20,21)19-7-8-24-12-5-3-11(17)4-6-12/h3-6,9-10,19H,7-8H2,1-2H3. The predicted molar refractivity (Wildman–Crippen MR) is 96.7 cm³/mol. The van der Waals surface area contributed by atoms with Gasteiger partial charge in [0, 0.05) is 23.7 Å². The first-order valence-corrected chi connectivity index (χ1v) is 9.41. The van der Waals surface area contributed by atoms with E-state index in [2.05, 4.69) is 4.72 Å². The average molecular weight is 406 g/mol. The van der Waals surface area contributed by atoms with Gasteiger partial charge in [0.25, 0.3) is 0 Å². The molecule has 0 amide bonds. The average Bonchev–Trinajstić information content (AvgIpc) is 2.59. The van der Waals surface area contributed by atoms with Gasteiger partial charge in [-0.15, -0.1) is 0 Å². The van der Waals surface area contributed by atoms with E-state index in [1.165, 1.54) is 26.4 Å². The van der Waals surface area contributed by atoms with E-state index in [0.717, 1.165) is 0 Å². The summed E-state index contributed by atoms with van der Waals surface area (Å²) in [5.41, 5.74) is 0. The molecule has 0 spiro atoms. The minimum atomic E-state index is -3.83. The summed E-state index contributed by atoms with van der Waals surface area (Å²) in [6.07, 6.45) is 0. The summed E-state index contributed by atoms with van der Waals surface area (Å²) >= 11 is 11.8. The highest BCUT2D eigenvalue weighted by Gasteiger charge is 2.22. The van der Waals surface area contributed by atoms with Gasteiger partial charge in [0.05, 0.1) is 19.2 Å². The first kappa shape index (κ1) is 19.7. The van der Waals surface area contributed by atoms with Crippen molar-refractivity contribution in [1.82, 2.24) is 4.72 Å². The lowest BCUT2D eigenvalue weighted by atomic mass is 10.3. The third-order valence-corrected chi connectivity index (χ3v) is 5.23. The van der Waals surface area contributed by atoms with E-state index in [9.17, 15) is 8.42 Å². The van der Waals surface area contributed by atoms with E-state index in [-0.39, 0.29) is 34.6 Å². The molecule has 0 fully saturated rings. The van der Waals surface area contributed by atoms with Crippen LogP contribution in [0.2, 0.25) is 10.0 Å². The summed E-state index contributed by atoms with van der Waals surface area (Å²) in [7, 11) is -1.07.